The van der Waals surface area contributed by atoms with Gasteiger partial charge >= 0.3 is 0 Å². The van der Waals surface area contributed by atoms with Gasteiger partial charge in [-0.15, -0.1) is 0 Å². The van der Waals surface area contributed by atoms with Crippen LogP contribution in [0.1, 0.15) is 43.6 Å². The molecule has 0 saturated carbocycles. The number of rotatable bonds is 8. The molecule has 1 atom stereocenters. The molecule has 0 aliphatic carbocycles. The summed E-state index contributed by atoms with van der Waals surface area (Å²) in [6, 6.07) is 13.6. The first kappa shape index (κ1) is 24.1. The second kappa shape index (κ2) is 10.4. The molecular formula is C26H36N2O4. The van der Waals surface area contributed by atoms with Crippen molar-refractivity contribution in [3.63, 3.8) is 0 Å². The maximum atomic E-state index is 11.5. The van der Waals surface area contributed by atoms with E-state index in [0.29, 0.717) is 6.54 Å². The fourth-order valence-corrected chi connectivity index (χ4v) is 3.98. The molecule has 6 heteroatoms. The van der Waals surface area contributed by atoms with Gasteiger partial charge in [0.05, 0.1) is 7.11 Å². The topological polar surface area (TPSA) is 62.2 Å². The Hall–Kier alpha value is -2.57. The van der Waals surface area contributed by atoms with Gasteiger partial charge in [0, 0.05) is 49.5 Å². The number of anilines is 1. The number of ether oxygens (including phenoxy) is 2. The molecule has 0 spiro atoms. The van der Waals surface area contributed by atoms with Crippen LogP contribution >= 0.6 is 0 Å². The molecule has 1 N–H and O–H groups in total. The summed E-state index contributed by atoms with van der Waals surface area (Å²) in [6.45, 7) is 12.4. The van der Waals surface area contributed by atoms with Crippen molar-refractivity contribution in [2.24, 2.45) is 0 Å². The van der Waals surface area contributed by atoms with Crippen molar-refractivity contribution in [3.05, 3.63) is 53.6 Å². The summed E-state index contributed by atoms with van der Waals surface area (Å²) in [5.41, 5.74) is 2.84. The van der Waals surface area contributed by atoms with Crippen LogP contribution < -0.4 is 14.4 Å². The second-order valence-electron chi connectivity index (χ2n) is 9.47. The first-order valence-electron chi connectivity index (χ1n) is 11.2. The molecule has 2 aromatic rings. The highest BCUT2D eigenvalue weighted by Crippen LogP contribution is 2.34. The van der Waals surface area contributed by atoms with Gasteiger partial charge in [-0.25, -0.2) is 0 Å². The monoisotopic (exact) mass is 440 g/mol. The third kappa shape index (κ3) is 6.24. The van der Waals surface area contributed by atoms with Crippen LogP contribution in [0.5, 0.6) is 11.5 Å². The molecule has 0 unspecified atom stereocenters. The van der Waals surface area contributed by atoms with Crippen molar-refractivity contribution in [1.82, 2.24) is 4.90 Å². The van der Waals surface area contributed by atoms with Crippen LogP contribution in [0.4, 0.5) is 5.69 Å². The summed E-state index contributed by atoms with van der Waals surface area (Å²) in [6.07, 6.45) is -0.564. The molecule has 1 aliphatic rings. The zero-order chi connectivity index (χ0) is 23.3. The second-order valence-corrected chi connectivity index (χ2v) is 9.47. The standard InChI is InChI=1S/C26H36N2O4/c1-19(29)20-6-8-21(9-7-20)28-14-12-27(13-15-28)17-22(30)18-32-25-11-10-23(31-5)16-24(25)26(2,3)4/h6-11,16,22,30H,12-15,17-18H2,1-5H3/t22-/m0/s1. The Morgan fingerprint density at radius 1 is 1.06 bits per heavy atom. The van der Waals surface area contributed by atoms with Gasteiger partial charge in [-0.3, -0.25) is 9.69 Å². The zero-order valence-electron chi connectivity index (χ0n) is 19.9. The minimum absolute atomic E-state index is 0.0850. The fourth-order valence-electron chi connectivity index (χ4n) is 3.98. The molecule has 174 valence electrons. The van der Waals surface area contributed by atoms with E-state index in [2.05, 4.69) is 30.6 Å². The van der Waals surface area contributed by atoms with Crippen molar-refractivity contribution < 1.29 is 19.4 Å². The summed E-state index contributed by atoms with van der Waals surface area (Å²) in [5.74, 6) is 1.68. The molecule has 0 aromatic heterocycles. The predicted octanol–water partition coefficient (Wildman–Crippen LogP) is 3.76. The van der Waals surface area contributed by atoms with Crippen LogP contribution in [0.3, 0.4) is 0 Å². The maximum absolute atomic E-state index is 11.5. The Balaban J connectivity index is 1.49. The lowest BCUT2D eigenvalue weighted by molar-refractivity contribution is 0.0656. The van der Waals surface area contributed by atoms with E-state index in [1.54, 1.807) is 14.0 Å². The van der Waals surface area contributed by atoms with Crippen molar-refractivity contribution in [2.45, 2.75) is 39.2 Å². The first-order valence-corrected chi connectivity index (χ1v) is 11.2. The van der Waals surface area contributed by atoms with Gasteiger partial charge in [0.1, 0.15) is 24.2 Å². The number of carbonyl (C=O) groups is 1. The molecule has 0 amide bonds. The number of nitrogens with zero attached hydrogens (tertiary/aromatic N) is 2. The number of Topliss-reactive ketones (excluding diaryl/α,β-unsaturated/α-hetero) is 1. The lowest BCUT2D eigenvalue weighted by Gasteiger charge is -2.37. The minimum Gasteiger partial charge on any atom is -0.497 e. The SMILES string of the molecule is COc1ccc(OC[C@@H](O)CN2CCN(c3ccc(C(C)=O)cc3)CC2)c(C(C)(C)C)c1. The van der Waals surface area contributed by atoms with Crippen LogP contribution in [0.15, 0.2) is 42.5 Å². The Bertz CT molecular complexity index is 897. The molecule has 0 radical (unpaired) electrons. The molecule has 1 aliphatic heterocycles. The Labute approximate surface area is 191 Å². The molecule has 1 saturated heterocycles. The van der Waals surface area contributed by atoms with E-state index in [1.807, 2.05) is 42.5 Å². The number of carbonyl (C=O) groups excluding carboxylic acids is 1. The molecule has 2 aromatic carbocycles. The van der Waals surface area contributed by atoms with Gasteiger partial charge in [-0.05, 0) is 54.8 Å². The fraction of sp³-hybridized carbons (Fsp3) is 0.500. The Kier molecular flexibility index (Phi) is 7.80. The maximum Gasteiger partial charge on any atom is 0.159 e. The van der Waals surface area contributed by atoms with E-state index in [1.165, 1.54) is 0 Å². The van der Waals surface area contributed by atoms with Crippen molar-refractivity contribution in [1.29, 1.82) is 0 Å². The van der Waals surface area contributed by atoms with Gasteiger partial charge in [0.15, 0.2) is 5.78 Å². The number of piperazine rings is 1. The van der Waals surface area contributed by atoms with E-state index in [-0.39, 0.29) is 17.8 Å². The summed E-state index contributed by atoms with van der Waals surface area (Å²) in [7, 11) is 1.66. The highest BCUT2D eigenvalue weighted by atomic mass is 16.5. The number of hydrogen-bond donors (Lipinski definition) is 1. The number of benzene rings is 2. The molecule has 32 heavy (non-hydrogen) atoms. The largest absolute Gasteiger partial charge is 0.497 e. The van der Waals surface area contributed by atoms with Gasteiger partial charge in [0.2, 0.25) is 0 Å². The molecule has 1 fully saturated rings. The number of aliphatic hydroxyl groups excluding tert-OH is 1. The number of aliphatic hydroxyl groups is 1. The smallest absolute Gasteiger partial charge is 0.159 e. The molecule has 6 nitrogen and oxygen atoms in total. The number of β-amino-alcohol motifs (C(OH)–C–C–N with tert-alkyl or cyclic N) is 1. The van der Waals surface area contributed by atoms with Crippen LogP contribution in [-0.4, -0.2) is 68.3 Å². The van der Waals surface area contributed by atoms with Crippen LogP contribution in [-0.2, 0) is 5.41 Å². The average Bonchev–Trinajstić information content (AvgIpc) is 2.77. The predicted molar refractivity (Wildman–Crippen MR) is 128 cm³/mol. The third-order valence-electron chi connectivity index (χ3n) is 5.91. The van der Waals surface area contributed by atoms with E-state index >= 15 is 0 Å². The first-order chi connectivity index (χ1) is 15.2. The molecule has 3 rings (SSSR count). The Morgan fingerprint density at radius 2 is 1.72 bits per heavy atom. The van der Waals surface area contributed by atoms with Gasteiger partial charge in [0.25, 0.3) is 0 Å². The van der Waals surface area contributed by atoms with Gasteiger partial charge in [-0.2, -0.15) is 0 Å². The summed E-state index contributed by atoms with van der Waals surface area (Å²) < 4.78 is 11.4. The van der Waals surface area contributed by atoms with E-state index < -0.39 is 6.10 Å². The highest BCUT2D eigenvalue weighted by Gasteiger charge is 2.22. The number of ketones is 1. The lowest BCUT2D eigenvalue weighted by atomic mass is 9.86. The third-order valence-corrected chi connectivity index (χ3v) is 5.91. The van der Waals surface area contributed by atoms with Gasteiger partial charge < -0.3 is 19.5 Å². The van der Waals surface area contributed by atoms with E-state index in [0.717, 1.165) is 54.5 Å². The average molecular weight is 441 g/mol. The van der Waals surface area contributed by atoms with Crippen LogP contribution in [0.25, 0.3) is 0 Å². The molecule has 1 heterocycles. The summed E-state index contributed by atoms with van der Waals surface area (Å²) >= 11 is 0. The van der Waals surface area contributed by atoms with Crippen LogP contribution in [0.2, 0.25) is 0 Å². The Morgan fingerprint density at radius 3 is 2.28 bits per heavy atom. The lowest BCUT2D eigenvalue weighted by Crippen LogP contribution is -2.49. The summed E-state index contributed by atoms with van der Waals surface area (Å²) in [4.78, 5) is 16.0. The van der Waals surface area contributed by atoms with Crippen molar-refractivity contribution >= 4 is 11.5 Å². The molecule has 0 bridgehead atoms. The summed E-state index contributed by atoms with van der Waals surface area (Å²) in [5, 5.41) is 10.6. The minimum atomic E-state index is -0.564. The quantitative estimate of drug-likeness (QED) is 0.631. The van der Waals surface area contributed by atoms with Gasteiger partial charge in [-0.1, -0.05) is 20.8 Å². The van der Waals surface area contributed by atoms with Crippen molar-refractivity contribution in [2.75, 3.05) is 51.3 Å². The number of hydrogen-bond acceptors (Lipinski definition) is 6. The van der Waals surface area contributed by atoms with E-state index in [4.69, 9.17) is 9.47 Å². The normalized spacial score (nSPS) is 16.0. The number of methoxy groups -OCH3 is 1. The van der Waals surface area contributed by atoms with E-state index in [9.17, 15) is 9.90 Å². The van der Waals surface area contributed by atoms with Crippen LogP contribution in [0, 0.1) is 0 Å². The zero-order valence-corrected chi connectivity index (χ0v) is 19.9. The van der Waals surface area contributed by atoms with Crippen molar-refractivity contribution in [3.8, 4) is 11.5 Å². The highest BCUT2D eigenvalue weighted by molar-refractivity contribution is 5.94. The molecular weight excluding hydrogens is 404 g/mol.